The number of aromatic hydroxyl groups is 1. The number of fused-ring (bicyclic) bond motifs is 3. The predicted octanol–water partition coefficient (Wildman–Crippen LogP) is 4.80. The molecule has 0 bridgehead atoms. The molecule has 2 atom stereocenters. The normalized spacial score (nSPS) is 23.9. The second-order valence-electron chi connectivity index (χ2n) is 7.86. The molecule has 25 heavy (non-hydrogen) atoms. The van der Waals surface area contributed by atoms with Gasteiger partial charge in [0.1, 0.15) is 17.1 Å². The van der Waals surface area contributed by atoms with Gasteiger partial charge in [0, 0.05) is 23.0 Å². The van der Waals surface area contributed by atoms with Crippen molar-refractivity contribution in [3.63, 3.8) is 0 Å². The Morgan fingerprint density at radius 3 is 2.76 bits per heavy atom. The zero-order valence-electron chi connectivity index (χ0n) is 15.3. The minimum Gasteiger partial charge on any atom is -0.507 e. The number of aryl methyl sites for hydroxylation is 1. The Balaban J connectivity index is 2.02. The van der Waals surface area contributed by atoms with Crippen LogP contribution >= 0.6 is 0 Å². The second-order valence-corrected chi connectivity index (χ2v) is 7.86. The average Bonchev–Trinajstić information content (AvgIpc) is 2.53. The Labute approximate surface area is 149 Å². The molecule has 0 aromatic heterocycles. The van der Waals surface area contributed by atoms with Gasteiger partial charge in [-0.15, -0.1) is 0 Å². The lowest BCUT2D eigenvalue weighted by Gasteiger charge is -2.46. The van der Waals surface area contributed by atoms with Crippen LogP contribution in [-0.4, -0.2) is 21.8 Å². The summed E-state index contributed by atoms with van der Waals surface area (Å²) >= 11 is 0. The van der Waals surface area contributed by atoms with Gasteiger partial charge in [0.15, 0.2) is 0 Å². The molecular formula is C21H28O4. The van der Waals surface area contributed by atoms with E-state index in [9.17, 15) is 15.0 Å². The summed E-state index contributed by atoms with van der Waals surface area (Å²) in [5.74, 6) is 0.140. The molecule has 0 fully saturated rings. The van der Waals surface area contributed by atoms with E-state index in [2.05, 4.69) is 20.8 Å². The lowest BCUT2D eigenvalue weighted by atomic mass is 9.67. The van der Waals surface area contributed by atoms with Gasteiger partial charge in [-0.05, 0) is 57.2 Å². The van der Waals surface area contributed by atoms with Crippen molar-refractivity contribution in [3.8, 4) is 11.5 Å². The number of rotatable bonds is 5. The molecule has 0 unspecified atom stereocenters. The summed E-state index contributed by atoms with van der Waals surface area (Å²) in [7, 11) is 0. The Kier molecular flexibility index (Phi) is 4.81. The third-order valence-corrected chi connectivity index (χ3v) is 5.66. The number of aliphatic carboxylic acids is 1. The van der Waals surface area contributed by atoms with Crippen LogP contribution in [0.1, 0.15) is 69.9 Å². The van der Waals surface area contributed by atoms with Crippen LogP contribution in [0.4, 0.5) is 0 Å². The van der Waals surface area contributed by atoms with Crippen molar-refractivity contribution in [2.75, 3.05) is 0 Å². The molecule has 0 spiro atoms. The zero-order valence-corrected chi connectivity index (χ0v) is 15.3. The van der Waals surface area contributed by atoms with Crippen molar-refractivity contribution >= 4 is 5.97 Å². The zero-order chi connectivity index (χ0) is 18.2. The number of benzene rings is 1. The SMILES string of the molecule is CC1(C)Oc2cc(C[13CH2][13CH2][13CH2][13CH3])cc(O)c2[C@@H]2C=C(C(=O)O)CC[C@H]21. The van der Waals surface area contributed by atoms with Gasteiger partial charge in [-0.2, -0.15) is 0 Å². The molecule has 4 heteroatoms. The summed E-state index contributed by atoms with van der Waals surface area (Å²) in [6, 6.07) is 3.86. The summed E-state index contributed by atoms with van der Waals surface area (Å²) in [5.41, 5.74) is 1.89. The third-order valence-electron chi connectivity index (χ3n) is 5.66. The van der Waals surface area contributed by atoms with Gasteiger partial charge in [0.05, 0.1) is 0 Å². The van der Waals surface area contributed by atoms with Crippen LogP contribution in [0, 0.1) is 5.92 Å². The fourth-order valence-corrected chi connectivity index (χ4v) is 4.32. The van der Waals surface area contributed by atoms with Gasteiger partial charge in [0.2, 0.25) is 0 Å². The van der Waals surface area contributed by atoms with Gasteiger partial charge in [-0.25, -0.2) is 4.79 Å². The van der Waals surface area contributed by atoms with E-state index >= 15 is 0 Å². The summed E-state index contributed by atoms with van der Waals surface area (Å²) in [6.45, 7) is 6.30. The van der Waals surface area contributed by atoms with Crippen molar-refractivity contribution < 1.29 is 19.7 Å². The van der Waals surface area contributed by atoms with Gasteiger partial charge in [-0.3, -0.25) is 0 Å². The highest BCUT2D eigenvalue weighted by Crippen LogP contribution is 2.53. The molecule has 0 saturated carbocycles. The highest BCUT2D eigenvalue weighted by atomic mass is 16.5. The van der Waals surface area contributed by atoms with E-state index in [1.54, 1.807) is 0 Å². The van der Waals surface area contributed by atoms with Crippen LogP contribution in [0.3, 0.4) is 0 Å². The molecule has 0 saturated heterocycles. The maximum atomic E-state index is 11.4. The topological polar surface area (TPSA) is 66.8 Å². The van der Waals surface area contributed by atoms with Crippen LogP contribution in [0.2, 0.25) is 0 Å². The van der Waals surface area contributed by atoms with Crippen LogP contribution < -0.4 is 4.74 Å². The third kappa shape index (κ3) is 3.39. The van der Waals surface area contributed by atoms with Crippen molar-refractivity contribution in [1.29, 1.82) is 0 Å². The Bertz CT molecular complexity index is 702. The first-order valence-electron chi connectivity index (χ1n) is 9.32. The molecule has 4 nitrogen and oxygen atoms in total. The van der Waals surface area contributed by atoms with Crippen LogP contribution in [0.25, 0.3) is 0 Å². The highest BCUT2D eigenvalue weighted by molar-refractivity contribution is 5.87. The molecule has 1 aromatic rings. The number of allylic oxidation sites excluding steroid dienone is 1. The number of carboxylic acid groups (broad SMARTS) is 1. The molecular weight excluding hydrogens is 320 g/mol. The molecule has 0 radical (unpaired) electrons. The molecule has 0 amide bonds. The van der Waals surface area contributed by atoms with Gasteiger partial charge < -0.3 is 14.9 Å². The Morgan fingerprint density at radius 1 is 1.32 bits per heavy atom. The van der Waals surface area contributed by atoms with Crippen molar-refractivity contribution in [2.24, 2.45) is 5.92 Å². The number of phenolic OH excluding ortho intramolecular Hbond substituents is 1. The Morgan fingerprint density at radius 2 is 2.08 bits per heavy atom. The lowest BCUT2D eigenvalue weighted by Crippen LogP contribution is -2.45. The highest BCUT2D eigenvalue weighted by Gasteiger charge is 2.46. The van der Waals surface area contributed by atoms with E-state index < -0.39 is 5.97 Å². The summed E-state index contributed by atoms with van der Waals surface area (Å²) in [4.78, 5) is 11.4. The summed E-state index contributed by atoms with van der Waals surface area (Å²) in [5, 5.41) is 20.0. The molecule has 1 heterocycles. The summed E-state index contributed by atoms with van der Waals surface area (Å²) in [6.07, 6.45) is 7.47. The van der Waals surface area contributed by atoms with Gasteiger partial charge in [0.25, 0.3) is 0 Å². The Hall–Kier alpha value is -1.97. The largest absolute Gasteiger partial charge is 0.507 e. The smallest absolute Gasteiger partial charge is 0.331 e. The van der Waals surface area contributed by atoms with Crippen molar-refractivity contribution in [2.45, 2.75) is 70.8 Å². The second kappa shape index (κ2) is 6.74. The van der Waals surface area contributed by atoms with Gasteiger partial charge in [-0.1, -0.05) is 25.8 Å². The molecule has 1 aliphatic carbocycles. The number of carbonyl (C=O) groups is 1. The fraction of sp³-hybridized carbons (Fsp3) is 0.571. The quantitative estimate of drug-likeness (QED) is 0.592. The lowest BCUT2D eigenvalue weighted by molar-refractivity contribution is -0.133. The maximum absolute atomic E-state index is 11.4. The first kappa shape index (κ1) is 17.8. The van der Waals surface area contributed by atoms with E-state index in [0.29, 0.717) is 17.7 Å². The minimum absolute atomic E-state index is 0.108. The average molecular weight is 348 g/mol. The monoisotopic (exact) mass is 348 g/mol. The summed E-state index contributed by atoms with van der Waals surface area (Å²) < 4.78 is 6.28. The van der Waals surface area contributed by atoms with Crippen LogP contribution in [0.5, 0.6) is 11.5 Å². The molecule has 2 N–H and O–H groups in total. The maximum Gasteiger partial charge on any atom is 0.331 e. The fourth-order valence-electron chi connectivity index (χ4n) is 4.32. The van der Waals surface area contributed by atoms with Crippen LogP contribution in [-0.2, 0) is 11.2 Å². The van der Waals surface area contributed by atoms with E-state index in [1.165, 1.54) is 6.42 Å². The number of carboxylic acids is 1. The number of hydrogen-bond donors (Lipinski definition) is 2. The number of phenols is 1. The first-order chi connectivity index (χ1) is 11.8. The van der Waals surface area contributed by atoms with E-state index in [0.717, 1.165) is 36.8 Å². The van der Waals surface area contributed by atoms with Crippen molar-refractivity contribution in [1.82, 2.24) is 0 Å². The minimum atomic E-state index is -0.861. The van der Waals surface area contributed by atoms with E-state index in [4.69, 9.17) is 4.74 Å². The van der Waals surface area contributed by atoms with E-state index in [1.807, 2.05) is 18.2 Å². The molecule has 3 rings (SSSR count). The molecule has 2 aliphatic rings. The van der Waals surface area contributed by atoms with E-state index in [-0.39, 0.29) is 23.2 Å². The number of hydrogen-bond acceptors (Lipinski definition) is 3. The first-order valence-corrected chi connectivity index (χ1v) is 9.32. The molecule has 1 aromatic carbocycles. The molecule has 136 valence electrons. The molecule has 1 aliphatic heterocycles. The number of ether oxygens (including phenoxy) is 1. The number of unbranched alkanes of at least 4 members (excludes halogenated alkanes) is 2. The van der Waals surface area contributed by atoms with Crippen LogP contribution in [0.15, 0.2) is 23.8 Å². The standard InChI is InChI=1S/C21H28O4/c1-4-5-6-7-13-10-17(22)19-15-12-14(20(23)24)8-9-16(15)21(2,3)25-18(19)11-13/h10-12,15-16,22H,4-9H2,1-3H3,(H,23,24)/t15-,16-/m1/s1/i1+1,4+1,5+1,6+1. The predicted molar refractivity (Wildman–Crippen MR) is 97.2 cm³/mol. The van der Waals surface area contributed by atoms with Gasteiger partial charge >= 0.3 is 5.97 Å². The van der Waals surface area contributed by atoms with Crippen molar-refractivity contribution in [3.05, 3.63) is 34.9 Å².